The van der Waals surface area contributed by atoms with Crippen LogP contribution in [0, 0.1) is 5.92 Å². The number of hydrogen-bond acceptors (Lipinski definition) is 0. The summed E-state index contributed by atoms with van der Waals surface area (Å²) >= 11 is 5.49. The molecule has 7 heavy (non-hydrogen) atoms. The van der Waals surface area contributed by atoms with E-state index in [4.69, 9.17) is 11.6 Å². The molecule has 0 amide bonds. The Hall–Kier alpha value is 0.0300. The molecule has 0 nitrogen and oxygen atoms in total. The Morgan fingerprint density at radius 1 is 1.71 bits per heavy atom. The molecule has 0 spiro atoms. The van der Waals surface area contributed by atoms with E-state index in [1.807, 2.05) is 0 Å². The van der Waals surface area contributed by atoms with E-state index in [1.54, 1.807) is 0 Å². The molecule has 0 unspecified atom stereocenters. The van der Waals surface area contributed by atoms with Crippen LogP contribution in [0.1, 0.15) is 12.8 Å². The summed E-state index contributed by atoms with van der Waals surface area (Å²) < 4.78 is 0. The summed E-state index contributed by atoms with van der Waals surface area (Å²) in [5, 5.41) is 0. The van der Waals surface area contributed by atoms with Gasteiger partial charge in [-0.05, 0) is 18.8 Å². The summed E-state index contributed by atoms with van der Waals surface area (Å²) in [5.41, 5.74) is 1.22. The van der Waals surface area contributed by atoms with E-state index in [-0.39, 0.29) is 0 Å². The first-order chi connectivity index (χ1) is 3.34. The van der Waals surface area contributed by atoms with Crippen LogP contribution in [0.25, 0.3) is 0 Å². The van der Waals surface area contributed by atoms with Gasteiger partial charge in [-0.2, -0.15) is 0 Å². The molecule has 0 atom stereocenters. The fraction of sp³-hybridized carbons (Fsp3) is 0.667. The van der Waals surface area contributed by atoms with Crippen molar-refractivity contribution in [2.45, 2.75) is 12.8 Å². The van der Waals surface area contributed by atoms with Gasteiger partial charge in [0.2, 0.25) is 0 Å². The van der Waals surface area contributed by atoms with Gasteiger partial charge in [0, 0.05) is 5.88 Å². The van der Waals surface area contributed by atoms with Crippen molar-refractivity contribution in [2.24, 2.45) is 5.92 Å². The molecule has 0 aromatic carbocycles. The number of allylic oxidation sites excluding steroid dienone is 1. The molecular formula is C6H9Cl. The molecule has 1 aliphatic carbocycles. The monoisotopic (exact) mass is 116 g/mol. The zero-order valence-corrected chi connectivity index (χ0v) is 5.04. The second-order valence-corrected chi connectivity index (χ2v) is 2.33. The lowest BCUT2D eigenvalue weighted by Gasteiger charge is -1.90. The molecule has 0 N–H and O–H groups in total. The molecule has 1 heteroatoms. The Bertz CT molecular complexity index is 82.2. The van der Waals surface area contributed by atoms with Gasteiger partial charge in [-0.15, -0.1) is 11.6 Å². The number of hydrogen-bond donors (Lipinski definition) is 0. The van der Waals surface area contributed by atoms with Gasteiger partial charge in [0.05, 0.1) is 0 Å². The summed E-state index contributed by atoms with van der Waals surface area (Å²) in [4.78, 5) is 0. The van der Waals surface area contributed by atoms with Crippen molar-refractivity contribution in [3.8, 4) is 0 Å². The van der Waals surface area contributed by atoms with Crippen molar-refractivity contribution in [3.63, 3.8) is 0 Å². The Morgan fingerprint density at radius 3 is 2.43 bits per heavy atom. The highest BCUT2D eigenvalue weighted by molar-refractivity contribution is 6.19. The Balaban J connectivity index is 2.24. The molecule has 1 saturated carbocycles. The van der Waals surface area contributed by atoms with Crippen LogP contribution in [0.3, 0.4) is 0 Å². The topological polar surface area (TPSA) is 0 Å². The van der Waals surface area contributed by atoms with Crippen molar-refractivity contribution in [1.82, 2.24) is 0 Å². The molecule has 1 aliphatic rings. The SMILES string of the molecule is C=C(CCl)C1CC1. The first-order valence-electron chi connectivity index (χ1n) is 2.58. The molecule has 1 rings (SSSR count). The normalized spacial score (nSPS) is 19.6. The average molecular weight is 117 g/mol. The minimum absolute atomic E-state index is 0.657. The number of alkyl halides is 1. The Labute approximate surface area is 49.2 Å². The fourth-order valence-corrected chi connectivity index (χ4v) is 0.819. The van der Waals surface area contributed by atoms with Gasteiger partial charge in [0.25, 0.3) is 0 Å². The van der Waals surface area contributed by atoms with Gasteiger partial charge >= 0.3 is 0 Å². The van der Waals surface area contributed by atoms with Gasteiger partial charge in [-0.25, -0.2) is 0 Å². The maximum absolute atomic E-state index is 5.49. The standard InChI is InChI=1S/C6H9Cl/c1-5(4-7)6-2-3-6/h6H,1-4H2. The quantitative estimate of drug-likeness (QED) is 0.383. The molecule has 1 fully saturated rings. The molecule has 0 aromatic heterocycles. The van der Waals surface area contributed by atoms with Crippen LogP contribution >= 0.6 is 11.6 Å². The van der Waals surface area contributed by atoms with Crippen LogP contribution < -0.4 is 0 Å². The fourth-order valence-electron chi connectivity index (χ4n) is 0.601. The van der Waals surface area contributed by atoms with Gasteiger partial charge in [0.1, 0.15) is 0 Å². The van der Waals surface area contributed by atoms with Gasteiger partial charge in [0.15, 0.2) is 0 Å². The second-order valence-electron chi connectivity index (χ2n) is 2.07. The third-order valence-electron chi connectivity index (χ3n) is 1.33. The van der Waals surface area contributed by atoms with Gasteiger partial charge in [-0.3, -0.25) is 0 Å². The zero-order chi connectivity index (χ0) is 5.28. The third-order valence-corrected chi connectivity index (χ3v) is 1.67. The van der Waals surface area contributed by atoms with E-state index in [9.17, 15) is 0 Å². The predicted molar refractivity (Wildman–Crippen MR) is 32.6 cm³/mol. The zero-order valence-electron chi connectivity index (χ0n) is 4.28. The molecule has 40 valence electrons. The van der Waals surface area contributed by atoms with Crippen molar-refractivity contribution in [1.29, 1.82) is 0 Å². The molecule has 0 heterocycles. The van der Waals surface area contributed by atoms with Crippen molar-refractivity contribution >= 4 is 11.6 Å². The van der Waals surface area contributed by atoms with Crippen LogP contribution in [0.5, 0.6) is 0 Å². The lowest BCUT2D eigenvalue weighted by molar-refractivity contribution is 1.02. The molecule has 0 bridgehead atoms. The van der Waals surface area contributed by atoms with Crippen LogP contribution in [0.2, 0.25) is 0 Å². The largest absolute Gasteiger partial charge is 0.122 e. The maximum Gasteiger partial charge on any atom is 0.0433 e. The molecule has 0 aliphatic heterocycles. The highest BCUT2D eigenvalue weighted by atomic mass is 35.5. The number of halogens is 1. The van der Waals surface area contributed by atoms with E-state index in [0.717, 1.165) is 5.92 Å². The van der Waals surface area contributed by atoms with E-state index >= 15 is 0 Å². The summed E-state index contributed by atoms with van der Waals surface area (Å²) in [6, 6.07) is 0. The summed E-state index contributed by atoms with van der Waals surface area (Å²) in [5.74, 6) is 1.45. The minimum Gasteiger partial charge on any atom is -0.122 e. The van der Waals surface area contributed by atoms with E-state index < -0.39 is 0 Å². The summed E-state index contributed by atoms with van der Waals surface area (Å²) in [6.45, 7) is 3.80. The van der Waals surface area contributed by atoms with E-state index in [0.29, 0.717) is 5.88 Å². The van der Waals surface area contributed by atoms with Crippen LogP contribution in [0.4, 0.5) is 0 Å². The Morgan fingerprint density at radius 2 is 2.29 bits per heavy atom. The van der Waals surface area contributed by atoms with Crippen molar-refractivity contribution in [3.05, 3.63) is 12.2 Å². The second kappa shape index (κ2) is 1.87. The minimum atomic E-state index is 0.657. The van der Waals surface area contributed by atoms with E-state index in [2.05, 4.69) is 6.58 Å². The first-order valence-corrected chi connectivity index (χ1v) is 3.11. The smallest absolute Gasteiger partial charge is 0.0433 e. The molecular weight excluding hydrogens is 108 g/mol. The summed E-state index contributed by atoms with van der Waals surface area (Å²) in [7, 11) is 0. The lowest BCUT2D eigenvalue weighted by atomic mass is 10.2. The molecule has 0 radical (unpaired) electrons. The predicted octanol–water partition coefficient (Wildman–Crippen LogP) is 2.19. The highest BCUT2D eigenvalue weighted by Gasteiger charge is 2.23. The van der Waals surface area contributed by atoms with Crippen molar-refractivity contribution < 1.29 is 0 Å². The van der Waals surface area contributed by atoms with Crippen LogP contribution in [-0.2, 0) is 0 Å². The van der Waals surface area contributed by atoms with Gasteiger partial charge in [-0.1, -0.05) is 12.2 Å². The highest BCUT2D eigenvalue weighted by Crippen LogP contribution is 2.35. The van der Waals surface area contributed by atoms with Crippen LogP contribution in [0.15, 0.2) is 12.2 Å². The molecule has 0 aromatic rings. The maximum atomic E-state index is 5.49. The van der Waals surface area contributed by atoms with Gasteiger partial charge < -0.3 is 0 Å². The van der Waals surface area contributed by atoms with E-state index in [1.165, 1.54) is 18.4 Å². The van der Waals surface area contributed by atoms with Crippen LogP contribution in [-0.4, -0.2) is 5.88 Å². The third kappa shape index (κ3) is 1.20. The first kappa shape index (κ1) is 5.17. The number of rotatable bonds is 2. The lowest BCUT2D eigenvalue weighted by Crippen LogP contribution is -1.81. The average Bonchev–Trinajstić information content (AvgIpc) is 2.44. The van der Waals surface area contributed by atoms with Crippen molar-refractivity contribution in [2.75, 3.05) is 5.88 Å². The summed E-state index contributed by atoms with van der Waals surface area (Å²) in [6.07, 6.45) is 2.65. The molecule has 0 saturated heterocycles. The Kier molecular flexibility index (Phi) is 1.38.